The molecule has 0 saturated heterocycles. The summed E-state index contributed by atoms with van der Waals surface area (Å²) in [5.41, 5.74) is 7.79. The van der Waals surface area contributed by atoms with E-state index in [1.807, 2.05) is 24.3 Å². The van der Waals surface area contributed by atoms with E-state index in [2.05, 4.69) is 29.1 Å². The lowest BCUT2D eigenvalue weighted by molar-refractivity contribution is -0.119. The Morgan fingerprint density at radius 3 is 3.00 bits per heavy atom. The van der Waals surface area contributed by atoms with Crippen LogP contribution < -0.4 is 16.4 Å². The molecule has 0 radical (unpaired) electrons. The zero-order valence-corrected chi connectivity index (χ0v) is 11.1. The SMILES string of the molecule is C=CCNC(=O)CN=C(N)Nc1cccc(CC)c1. The Morgan fingerprint density at radius 2 is 2.32 bits per heavy atom. The number of carbonyl (C=O) groups excluding carboxylic acids is 1. The molecule has 0 atom stereocenters. The largest absolute Gasteiger partial charge is 0.370 e. The fourth-order valence-electron chi connectivity index (χ4n) is 1.46. The smallest absolute Gasteiger partial charge is 0.242 e. The summed E-state index contributed by atoms with van der Waals surface area (Å²) in [5, 5.41) is 5.58. The molecule has 0 aromatic heterocycles. The molecule has 0 aliphatic carbocycles. The second-order valence-electron chi connectivity index (χ2n) is 3.97. The summed E-state index contributed by atoms with van der Waals surface area (Å²) in [6.07, 6.45) is 2.57. The summed E-state index contributed by atoms with van der Waals surface area (Å²) in [7, 11) is 0. The highest BCUT2D eigenvalue weighted by Crippen LogP contribution is 2.10. The van der Waals surface area contributed by atoms with E-state index in [9.17, 15) is 4.79 Å². The number of aryl methyl sites for hydroxylation is 1. The summed E-state index contributed by atoms with van der Waals surface area (Å²) >= 11 is 0. The molecule has 0 saturated carbocycles. The van der Waals surface area contributed by atoms with Crippen LogP contribution in [0.4, 0.5) is 5.69 Å². The summed E-state index contributed by atoms with van der Waals surface area (Å²) in [6, 6.07) is 7.89. The number of benzene rings is 1. The predicted molar refractivity (Wildman–Crippen MR) is 79.1 cm³/mol. The summed E-state index contributed by atoms with van der Waals surface area (Å²) < 4.78 is 0. The normalized spacial score (nSPS) is 10.9. The Kier molecular flexibility index (Phi) is 6.15. The maximum atomic E-state index is 11.3. The number of amides is 1. The van der Waals surface area contributed by atoms with Crippen molar-refractivity contribution in [2.24, 2.45) is 10.7 Å². The van der Waals surface area contributed by atoms with E-state index in [4.69, 9.17) is 5.73 Å². The Bertz CT molecular complexity index is 468. The predicted octanol–water partition coefficient (Wildman–Crippen LogP) is 1.28. The van der Waals surface area contributed by atoms with Gasteiger partial charge in [0.05, 0.1) is 0 Å². The lowest BCUT2D eigenvalue weighted by atomic mass is 10.1. The number of carbonyl (C=O) groups is 1. The molecule has 0 unspecified atom stereocenters. The van der Waals surface area contributed by atoms with Crippen molar-refractivity contribution in [3.05, 3.63) is 42.5 Å². The molecule has 0 aliphatic heterocycles. The van der Waals surface area contributed by atoms with Crippen LogP contribution in [0, 0.1) is 0 Å². The van der Waals surface area contributed by atoms with Gasteiger partial charge in [0.1, 0.15) is 6.54 Å². The lowest BCUT2D eigenvalue weighted by Crippen LogP contribution is -2.29. The van der Waals surface area contributed by atoms with Crippen LogP contribution in [0.5, 0.6) is 0 Å². The van der Waals surface area contributed by atoms with E-state index in [-0.39, 0.29) is 18.4 Å². The van der Waals surface area contributed by atoms with Gasteiger partial charge in [-0.1, -0.05) is 25.1 Å². The van der Waals surface area contributed by atoms with E-state index >= 15 is 0 Å². The van der Waals surface area contributed by atoms with Crippen molar-refractivity contribution in [2.75, 3.05) is 18.4 Å². The van der Waals surface area contributed by atoms with E-state index in [1.165, 1.54) is 5.56 Å². The third-order valence-electron chi connectivity index (χ3n) is 2.44. The van der Waals surface area contributed by atoms with Gasteiger partial charge in [-0.2, -0.15) is 0 Å². The van der Waals surface area contributed by atoms with Gasteiger partial charge in [-0.25, -0.2) is 4.99 Å². The number of hydrogen-bond acceptors (Lipinski definition) is 2. The quantitative estimate of drug-likeness (QED) is 0.409. The van der Waals surface area contributed by atoms with Crippen molar-refractivity contribution in [3.8, 4) is 0 Å². The molecule has 1 amide bonds. The monoisotopic (exact) mass is 260 g/mol. The van der Waals surface area contributed by atoms with Crippen LogP contribution >= 0.6 is 0 Å². The van der Waals surface area contributed by atoms with Gasteiger partial charge in [-0.05, 0) is 24.1 Å². The van der Waals surface area contributed by atoms with Crippen LogP contribution in [-0.4, -0.2) is 25.0 Å². The van der Waals surface area contributed by atoms with E-state index in [0.29, 0.717) is 6.54 Å². The van der Waals surface area contributed by atoms with Crippen LogP contribution in [0.2, 0.25) is 0 Å². The summed E-state index contributed by atoms with van der Waals surface area (Å²) in [6.45, 7) is 6.03. The number of nitrogens with two attached hydrogens (primary N) is 1. The second-order valence-corrected chi connectivity index (χ2v) is 3.97. The van der Waals surface area contributed by atoms with Crippen molar-refractivity contribution >= 4 is 17.6 Å². The molecule has 0 bridgehead atoms. The van der Waals surface area contributed by atoms with Crippen LogP contribution in [-0.2, 0) is 11.2 Å². The fraction of sp³-hybridized carbons (Fsp3) is 0.286. The van der Waals surface area contributed by atoms with Crippen LogP contribution in [0.3, 0.4) is 0 Å². The average molecular weight is 260 g/mol. The van der Waals surface area contributed by atoms with E-state index < -0.39 is 0 Å². The summed E-state index contributed by atoms with van der Waals surface area (Å²) in [4.78, 5) is 15.3. The van der Waals surface area contributed by atoms with E-state index in [1.54, 1.807) is 6.08 Å². The first-order valence-corrected chi connectivity index (χ1v) is 6.19. The maximum absolute atomic E-state index is 11.3. The number of nitrogens with one attached hydrogen (secondary N) is 2. The first-order valence-electron chi connectivity index (χ1n) is 6.19. The zero-order valence-electron chi connectivity index (χ0n) is 11.1. The molecule has 4 N–H and O–H groups in total. The fourth-order valence-corrected chi connectivity index (χ4v) is 1.46. The van der Waals surface area contributed by atoms with Gasteiger partial charge in [-0.15, -0.1) is 6.58 Å². The van der Waals surface area contributed by atoms with Gasteiger partial charge < -0.3 is 16.4 Å². The Morgan fingerprint density at radius 1 is 1.53 bits per heavy atom. The minimum Gasteiger partial charge on any atom is -0.370 e. The van der Waals surface area contributed by atoms with Crippen molar-refractivity contribution in [3.63, 3.8) is 0 Å². The molecule has 5 nitrogen and oxygen atoms in total. The van der Waals surface area contributed by atoms with Crippen molar-refractivity contribution < 1.29 is 4.79 Å². The lowest BCUT2D eigenvalue weighted by Gasteiger charge is -2.07. The van der Waals surface area contributed by atoms with Crippen molar-refractivity contribution in [1.82, 2.24) is 5.32 Å². The molecule has 0 aliphatic rings. The number of anilines is 1. The number of hydrogen-bond donors (Lipinski definition) is 3. The first-order chi connectivity index (χ1) is 9.15. The first kappa shape index (κ1) is 14.8. The van der Waals surface area contributed by atoms with E-state index in [0.717, 1.165) is 12.1 Å². The third kappa shape index (κ3) is 5.72. The molecule has 1 rings (SSSR count). The third-order valence-corrected chi connectivity index (χ3v) is 2.44. The molecule has 0 heterocycles. The number of rotatable bonds is 6. The molecular formula is C14H20N4O. The van der Waals surface area contributed by atoms with Gasteiger partial charge in [0.15, 0.2) is 5.96 Å². The molecule has 5 heteroatoms. The Labute approximate surface area is 113 Å². The minimum absolute atomic E-state index is 0.000141. The van der Waals surface area contributed by atoms with Gasteiger partial charge in [0.25, 0.3) is 0 Å². The number of aliphatic imine (C=N–C) groups is 1. The van der Waals surface area contributed by atoms with Gasteiger partial charge in [0, 0.05) is 12.2 Å². The van der Waals surface area contributed by atoms with Gasteiger partial charge >= 0.3 is 0 Å². The highest BCUT2D eigenvalue weighted by Gasteiger charge is 1.99. The second kappa shape index (κ2) is 7.92. The van der Waals surface area contributed by atoms with Crippen LogP contribution in [0.25, 0.3) is 0 Å². The highest BCUT2D eigenvalue weighted by molar-refractivity contribution is 5.93. The maximum Gasteiger partial charge on any atom is 0.242 e. The minimum atomic E-state index is -0.188. The molecular weight excluding hydrogens is 240 g/mol. The number of guanidine groups is 1. The molecule has 0 fully saturated rings. The Balaban J connectivity index is 2.51. The Hall–Kier alpha value is -2.30. The summed E-state index contributed by atoms with van der Waals surface area (Å²) in [5.74, 6) is 0.0361. The average Bonchev–Trinajstić information content (AvgIpc) is 2.43. The standard InChI is InChI=1S/C14H20N4O/c1-3-8-16-13(19)10-17-14(15)18-12-7-5-6-11(4-2)9-12/h3,5-7,9H,1,4,8,10H2,2H3,(H,16,19)(H3,15,17,18). The van der Waals surface area contributed by atoms with Crippen molar-refractivity contribution in [1.29, 1.82) is 0 Å². The van der Waals surface area contributed by atoms with Gasteiger partial charge in [-0.3, -0.25) is 4.79 Å². The van der Waals surface area contributed by atoms with Crippen molar-refractivity contribution in [2.45, 2.75) is 13.3 Å². The molecule has 102 valence electrons. The molecule has 1 aromatic rings. The molecule has 0 spiro atoms. The highest BCUT2D eigenvalue weighted by atomic mass is 16.1. The van der Waals surface area contributed by atoms with Gasteiger partial charge in [0.2, 0.25) is 5.91 Å². The molecule has 19 heavy (non-hydrogen) atoms. The van der Waals surface area contributed by atoms with Crippen LogP contribution in [0.15, 0.2) is 41.9 Å². The zero-order chi connectivity index (χ0) is 14.1. The number of nitrogens with zero attached hydrogens (tertiary/aromatic N) is 1. The van der Waals surface area contributed by atoms with Crippen LogP contribution in [0.1, 0.15) is 12.5 Å². The molecule has 1 aromatic carbocycles. The topological polar surface area (TPSA) is 79.5 Å².